The maximum absolute atomic E-state index is 12.2. The standard InChI is InChI=1S/C18H19N3O6/c1-11-5-6-13(9-14(11)21(23)24)18(22)20-19-10-12-7-15(25-2)17(27-4)16(8-12)26-3/h5-10H,1-4H3,(H,20,22)/b19-10+. The van der Waals surface area contributed by atoms with Crippen molar-refractivity contribution in [3.8, 4) is 17.2 Å². The molecule has 1 N–H and O–H groups in total. The van der Waals surface area contributed by atoms with Crippen LogP contribution in [-0.4, -0.2) is 38.4 Å². The molecule has 0 aliphatic carbocycles. The number of nitrogens with one attached hydrogen (secondary N) is 1. The summed E-state index contributed by atoms with van der Waals surface area (Å²) in [6.07, 6.45) is 1.39. The normalized spacial score (nSPS) is 10.5. The fraction of sp³-hybridized carbons (Fsp3) is 0.222. The quantitative estimate of drug-likeness (QED) is 0.454. The molecule has 0 bridgehead atoms. The van der Waals surface area contributed by atoms with Gasteiger partial charge in [0.2, 0.25) is 5.75 Å². The van der Waals surface area contributed by atoms with Gasteiger partial charge in [0.25, 0.3) is 11.6 Å². The topological polar surface area (TPSA) is 112 Å². The van der Waals surface area contributed by atoms with Gasteiger partial charge in [0.15, 0.2) is 11.5 Å². The van der Waals surface area contributed by atoms with Crippen LogP contribution in [0.15, 0.2) is 35.4 Å². The Hall–Kier alpha value is -3.62. The van der Waals surface area contributed by atoms with Crippen LogP contribution in [0.1, 0.15) is 21.5 Å². The molecule has 0 saturated carbocycles. The molecular formula is C18H19N3O6. The number of nitrogens with zero attached hydrogens (tertiary/aromatic N) is 2. The predicted octanol–water partition coefficient (Wildman–Crippen LogP) is 2.69. The van der Waals surface area contributed by atoms with E-state index in [0.717, 1.165) is 0 Å². The lowest BCUT2D eigenvalue weighted by Crippen LogP contribution is -2.17. The Morgan fingerprint density at radius 3 is 2.26 bits per heavy atom. The van der Waals surface area contributed by atoms with E-state index >= 15 is 0 Å². The zero-order valence-corrected chi connectivity index (χ0v) is 15.3. The van der Waals surface area contributed by atoms with E-state index in [4.69, 9.17) is 14.2 Å². The maximum atomic E-state index is 12.2. The summed E-state index contributed by atoms with van der Waals surface area (Å²) in [5.41, 5.74) is 3.40. The number of rotatable bonds is 7. The second-order valence-electron chi connectivity index (χ2n) is 5.42. The summed E-state index contributed by atoms with van der Waals surface area (Å²) in [7, 11) is 4.48. The van der Waals surface area contributed by atoms with E-state index in [0.29, 0.717) is 28.4 Å². The molecule has 0 radical (unpaired) electrons. The number of amides is 1. The highest BCUT2D eigenvalue weighted by atomic mass is 16.6. The molecule has 9 nitrogen and oxygen atoms in total. The zero-order chi connectivity index (χ0) is 20.0. The smallest absolute Gasteiger partial charge is 0.273 e. The van der Waals surface area contributed by atoms with E-state index in [2.05, 4.69) is 10.5 Å². The molecule has 0 aromatic heterocycles. The van der Waals surface area contributed by atoms with Gasteiger partial charge in [-0.2, -0.15) is 5.10 Å². The van der Waals surface area contributed by atoms with Crippen LogP contribution in [0.4, 0.5) is 5.69 Å². The Kier molecular flexibility index (Phi) is 6.32. The van der Waals surface area contributed by atoms with E-state index in [-0.39, 0.29) is 11.3 Å². The Bertz CT molecular complexity index is 870. The number of hydrazone groups is 1. The second kappa shape index (κ2) is 8.65. The maximum Gasteiger partial charge on any atom is 0.273 e. The molecule has 0 fully saturated rings. The van der Waals surface area contributed by atoms with Gasteiger partial charge >= 0.3 is 0 Å². The molecule has 2 rings (SSSR count). The monoisotopic (exact) mass is 373 g/mol. The van der Waals surface area contributed by atoms with Crippen molar-refractivity contribution in [1.82, 2.24) is 5.43 Å². The van der Waals surface area contributed by atoms with Crippen molar-refractivity contribution in [3.05, 3.63) is 57.1 Å². The molecule has 2 aromatic carbocycles. The van der Waals surface area contributed by atoms with Gasteiger partial charge in [-0.15, -0.1) is 0 Å². The van der Waals surface area contributed by atoms with Crippen LogP contribution in [0.2, 0.25) is 0 Å². The number of nitro benzene ring substituents is 1. The third-order valence-corrected chi connectivity index (χ3v) is 3.73. The number of hydrogen-bond donors (Lipinski definition) is 1. The number of carbonyl (C=O) groups excluding carboxylic acids is 1. The van der Waals surface area contributed by atoms with Crippen LogP contribution in [0.3, 0.4) is 0 Å². The largest absolute Gasteiger partial charge is 0.493 e. The lowest BCUT2D eigenvalue weighted by atomic mass is 10.1. The van der Waals surface area contributed by atoms with Gasteiger partial charge in [0, 0.05) is 22.8 Å². The van der Waals surface area contributed by atoms with Crippen LogP contribution in [0, 0.1) is 17.0 Å². The molecular weight excluding hydrogens is 354 g/mol. The number of aryl methyl sites for hydroxylation is 1. The fourth-order valence-electron chi connectivity index (χ4n) is 2.35. The van der Waals surface area contributed by atoms with Crippen LogP contribution in [0.25, 0.3) is 0 Å². The lowest BCUT2D eigenvalue weighted by Gasteiger charge is -2.12. The number of methoxy groups -OCH3 is 3. The molecule has 2 aromatic rings. The summed E-state index contributed by atoms with van der Waals surface area (Å²) < 4.78 is 15.7. The molecule has 142 valence electrons. The van der Waals surface area contributed by atoms with Crippen LogP contribution in [0.5, 0.6) is 17.2 Å². The summed E-state index contributed by atoms with van der Waals surface area (Å²) in [5.74, 6) is 0.757. The third-order valence-electron chi connectivity index (χ3n) is 3.73. The average molecular weight is 373 g/mol. The molecule has 0 aliphatic rings. The first-order valence-corrected chi connectivity index (χ1v) is 7.79. The van der Waals surface area contributed by atoms with Gasteiger partial charge in [-0.3, -0.25) is 14.9 Å². The zero-order valence-electron chi connectivity index (χ0n) is 15.3. The van der Waals surface area contributed by atoms with Crippen LogP contribution >= 0.6 is 0 Å². The Morgan fingerprint density at radius 2 is 1.74 bits per heavy atom. The molecule has 1 amide bonds. The van der Waals surface area contributed by atoms with Gasteiger partial charge in [0.05, 0.1) is 32.5 Å². The van der Waals surface area contributed by atoms with E-state index in [1.54, 1.807) is 19.1 Å². The molecule has 0 saturated heterocycles. The summed E-state index contributed by atoms with van der Waals surface area (Å²) in [5, 5.41) is 14.9. The van der Waals surface area contributed by atoms with Crippen molar-refractivity contribution in [1.29, 1.82) is 0 Å². The van der Waals surface area contributed by atoms with Crippen molar-refractivity contribution in [2.75, 3.05) is 21.3 Å². The highest BCUT2D eigenvalue weighted by Crippen LogP contribution is 2.37. The number of nitro groups is 1. The molecule has 27 heavy (non-hydrogen) atoms. The SMILES string of the molecule is COc1cc(/C=N/NC(=O)c2ccc(C)c([N+](=O)[O-])c2)cc(OC)c1OC. The van der Waals surface area contributed by atoms with Crippen LogP contribution in [-0.2, 0) is 0 Å². The lowest BCUT2D eigenvalue weighted by molar-refractivity contribution is -0.385. The summed E-state index contributed by atoms with van der Waals surface area (Å²) in [6, 6.07) is 7.53. The fourth-order valence-corrected chi connectivity index (χ4v) is 2.35. The second-order valence-corrected chi connectivity index (χ2v) is 5.42. The summed E-state index contributed by atoms with van der Waals surface area (Å²) in [4.78, 5) is 22.6. The van der Waals surface area contributed by atoms with Gasteiger partial charge in [-0.25, -0.2) is 5.43 Å². The van der Waals surface area contributed by atoms with Gasteiger partial charge in [0.1, 0.15) is 0 Å². The van der Waals surface area contributed by atoms with Crippen molar-refractivity contribution in [3.63, 3.8) is 0 Å². The molecule has 0 atom stereocenters. The third kappa shape index (κ3) is 4.51. The van der Waals surface area contributed by atoms with E-state index in [9.17, 15) is 14.9 Å². The van der Waals surface area contributed by atoms with Crippen LogP contribution < -0.4 is 19.6 Å². The average Bonchev–Trinajstić information content (AvgIpc) is 2.66. The van der Waals surface area contributed by atoms with E-state index in [1.165, 1.54) is 45.7 Å². The number of carbonyl (C=O) groups is 1. The molecule has 0 aliphatic heterocycles. The molecule has 0 unspecified atom stereocenters. The summed E-state index contributed by atoms with van der Waals surface area (Å²) >= 11 is 0. The minimum atomic E-state index is -0.568. The minimum absolute atomic E-state index is 0.128. The number of hydrogen-bond acceptors (Lipinski definition) is 7. The Balaban J connectivity index is 2.19. The van der Waals surface area contributed by atoms with Gasteiger partial charge < -0.3 is 14.2 Å². The van der Waals surface area contributed by atoms with Gasteiger partial charge in [-0.05, 0) is 25.1 Å². The Labute approximate surface area is 155 Å². The Morgan fingerprint density at radius 1 is 1.11 bits per heavy atom. The van der Waals surface area contributed by atoms with Crippen molar-refractivity contribution >= 4 is 17.8 Å². The first kappa shape index (κ1) is 19.7. The number of ether oxygens (including phenoxy) is 3. The highest BCUT2D eigenvalue weighted by molar-refractivity contribution is 5.95. The van der Waals surface area contributed by atoms with Crippen molar-refractivity contribution in [2.24, 2.45) is 5.10 Å². The predicted molar refractivity (Wildman–Crippen MR) is 99.0 cm³/mol. The highest BCUT2D eigenvalue weighted by Gasteiger charge is 2.15. The first-order chi connectivity index (χ1) is 12.9. The van der Waals surface area contributed by atoms with E-state index < -0.39 is 10.8 Å². The van der Waals surface area contributed by atoms with Crippen molar-refractivity contribution < 1.29 is 23.9 Å². The van der Waals surface area contributed by atoms with Crippen molar-refractivity contribution in [2.45, 2.75) is 6.92 Å². The first-order valence-electron chi connectivity index (χ1n) is 7.79. The molecule has 0 spiro atoms. The molecule has 0 heterocycles. The number of benzene rings is 2. The summed E-state index contributed by atoms with van der Waals surface area (Å²) in [6.45, 7) is 1.60. The molecule has 9 heteroatoms. The minimum Gasteiger partial charge on any atom is -0.493 e. The van der Waals surface area contributed by atoms with Gasteiger partial charge in [-0.1, -0.05) is 6.07 Å². The van der Waals surface area contributed by atoms with E-state index in [1.807, 2.05) is 0 Å².